The molecule has 0 N–H and O–H groups in total. The highest BCUT2D eigenvalue weighted by molar-refractivity contribution is 6.10. The lowest BCUT2D eigenvalue weighted by Crippen LogP contribution is -2.09. The van der Waals surface area contributed by atoms with E-state index in [1.165, 1.54) is 77.0 Å². The van der Waals surface area contributed by atoms with Crippen LogP contribution in [0.4, 0.5) is 34.1 Å². The van der Waals surface area contributed by atoms with Crippen LogP contribution in [0.5, 0.6) is 0 Å². The molecule has 0 aliphatic carbocycles. The average Bonchev–Trinajstić information content (AvgIpc) is 3.83. The molecule has 0 atom stereocenters. The first-order valence-corrected chi connectivity index (χ1v) is 28.1. The molecule has 0 bridgehead atoms. The topological polar surface area (TPSA) is 16.3 Å². The predicted octanol–water partition coefficient (Wildman–Crippen LogP) is 21.5. The van der Waals surface area contributed by atoms with Crippen LogP contribution in [0.25, 0.3) is 99.5 Å². The molecule has 0 aliphatic rings. The summed E-state index contributed by atoms with van der Waals surface area (Å²) in [6.07, 6.45) is 0. The van der Waals surface area contributed by atoms with Crippen LogP contribution in [-0.2, 0) is 0 Å². The number of rotatable bonds is 12. The first-order chi connectivity index (χ1) is 40.7. The fraction of sp³-hybridized carbons (Fsp3) is 0. The van der Waals surface area contributed by atoms with Gasteiger partial charge in [0, 0.05) is 67.0 Å². The van der Waals surface area contributed by atoms with Gasteiger partial charge in [0.25, 0.3) is 0 Å². The Morgan fingerprint density at radius 2 is 0.402 bits per heavy atom. The Balaban J connectivity index is 0.665. The largest absolute Gasteiger partial charge is 0.311 e. The molecule has 15 rings (SSSR count). The Morgan fingerprint density at radius 1 is 0.171 bits per heavy atom. The monoisotopic (exact) mass is 1050 g/mol. The van der Waals surface area contributed by atoms with E-state index in [-0.39, 0.29) is 0 Å². The van der Waals surface area contributed by atoms with Crippen LogP contribution in [0, 0.1) is 0 Å². The Morgan fingerprint density at radius 3 is 0.695 bits per heavy atom. The van der Waals surface area contributed by atoms with E-state index in [4.69, 9.17) is 0 Å². The number of hydrogen-bond acceptors (Lipinski definition) is 2. The van der Waals surface area contributed by atoms with Crippen LogP contribution in [0.1, 0.15) is 0 Å². The normalized spacial score (nSPS) is 11.4. The second-order valence-corrected chi connectivity index (χ2v) is 20.9. The van der Waals surface area contributed by atoms with Crippen LogP contribution < -0.4 is 9.80 Å². The molecular weight excluding hydrogens is 993 g/mol. The molecule has 15 aromatic rings. The molecule has 0 spiro atoms. The lowest BCUT2D eigenvalue weighted by Gasteiger charge is -2.26. The van der Waals surface area contributed by atoms with Gasteiger partial charge in [-0.15, -0.1) is 0 Å². The molecule has 0 saturated carbocycles. The van der Waals surface area contributed by atoms with Gasteiger partial charge >= 0.3 is 0 Å². The van der Waals surface area contributed by atoms with Gasteiger partial charge in [0.1, 0.15) is 0 Å². The number of para-hydroxylation sites is 6. The van der Waals surface area contributed by atoms with Gasteiger partial charge in [-0.1, -0.05) is 200 Å². The third-order valence-electron chi connectivity index (χ3n) is 16.1. The third-order valence-corrected chi connectivity index (χ3v) is 16.1. The molecule has 386 valence electrons. The van der Waals surface area contributed by atoms with Gasteiger partial charge in [-0.3, -0.25) is 0 Å². The summed E-state index contributed by atoms with van der Waals surface area (Å²) >= 11 is 0. The SMILES string of the molecule is c1ccc(N(c2ccc(-c3ccc(-n4c5ccccc5c5ccccc54)cc3)cc2)c2ccc(-c3cccc(-c4ccc(N(c5ccccc5)c5ccc(-c6ccc(-n7c8ccccc8c8ccccc87)cc6)cc5)cc4)c3)cc2)cc1. The zero-order valence-electron chi connectivity index (χ0n) is 45.0. The number of anilines is 6. The Kier molecular flexibility index (Phi) is 12.2. The van der Waals surface area contributed by atoms with E-state index in [9.17, 15) is 0 Å². The van der Waals surface area contributed by atoms with E-state index in [0.29, 0.717) is 0 Å². The van der Waals surface area contributed by atoms with Crippen LogP contribution in [0.15, 0.2) is 328 Å². The summed E-state index contributed by atoms with van der Waals surface area (Å²) in [4.78, 5) is 4.66. The van der Waals surface area contributed by atoms with Crippen LogP contribution in [-0.4, -0.2) is 9.13 Å². The first kappa shape index (κ1) is 48.2. The zero-order valence-corrected chi connectivity index (χ0v) is 45.0. The van der Waals surface area contributed by atoms with E-state index in [1.54, 1.807) is 0 Å². The van der Waals surface area contributed by atoms with Gasteiger partial charge in [0.05, 0.1) is 22.1 Å². The fourth-order valence-electron chi connectivity index (χ4n) is 12.1. The second kappa shape index (κ2) is 20.7. The number of fused-ring (bicyclic) bond motifs is 6. The number of nitrogens with zero attached hydrogens (tertiary/aromatic N) is 4. The Hall–Kier alpha value is -10.9. The molecule has 82 heavy (non-hydrogen) atoms. The lowest BCUT2D eigenvalue weighted by molar-refractivity contribution is 1.18. The molecule has 0 aliphatic heterocycles. The van der Waals surface area contributed by atoms with Crippen molar-refractivity contribution in [3.05, 3.63) is 328 Å². The summed E-state index contributed by atoms with van der Waals surface area (Å²) in [6, 6.07) is 118. The minimum atomic E-state index is 1.09. The van der Waals surface area contributed by atoms with Crippen molar-refractivity contribution < 1.29 is 0 Å². The highest BCUT2D eigenvalue weighted by Crippen LogP contribution is 2.41. The molecule has 0 unspecified atom stereocenters. The van der Waals surface area contributed by atoms with Crippen molar-refractivity contribution in [3.63, 3.8) is 0 Å². The quantitative estimate of drug-likeness (QED) is 0.121. The first-order valence-electron chi connectivity index (χ1n) is 28.1. The van der Waals surface area contributed by atoms with Crippen LogP contribution in [0.3, 0.4) is 0 Å². The van der Waals surface area contributed by atoms with E-state index in [0.717, 1.165) is 56.6 Å². The van der Waals surface area contributed by atoms with Crippen LogP contribution in [0.2, 0.25) is 0 Å². The average molecular weight is 1050 g/mol. The number of hydrogen-bond donors (Lipinski definition) is 0. The molecule has 0 saturated heterocycles. The minimum absolute atomic E-state index is 1.09. The summed E-state index contributed by atoms with van der Waals surface area (Å²) in [5.74, 6) is 0. The van der Waals surface area contributed by atoms with Crippen molar-refractivity contribution in [2.45, 2.75) is 0 Å². The van der Waals surface area contributed by atoms with Crippen molar-refractivity contribution in [1.82, 2.24) is 9.13 Å². The lowest BCUT2D eigenvalue weighted by atomic mass is 9.98. The van der Waals surface area contributed by atoms with Crippen molar-refractivity contribution in [2.75, 3.05) is 9.80 Å². The van der Waals surface area contributed by atoms with Gasteiger partial charge in [-0.05, 0) is 172 Å². The van der Waals surface area contributed by atoms with E-state index in [2.05, 4.69) is 347 Å². The maximum Gasteiger partial charge on any atom is 0.0541 e. The number of aromatic nitrogens is 2. The van der Waals surface area contributed by atoms with Crippen molar-refractivity contribution in [1.29, 1.82) is 0 Å². The number of benzene rings is 13. The highest BCUT2D eigenvalue weighted by atomic mass is 15.1. The molecule has 2 heterocycles. The molecule has 0 fully saturated rings. The smallest absolute Gasteiger partial charge is 0.0541 e. The maximum absolute atomic E-state index is 2.37. The van der Waals surface area contributed by atoms with E-state index in [1.807, 2.05) is 0 Å². The molecule has 0 amide bonds. The maximum atomic E-state index is 2.37. The Labute approximate surface area is 477 Å². The molecule has 0 radical (unpaired) electrons. The molecule has 4 heteroatoms. The van der Waals surface area contributed by atoms with Crippen molar-refractivity contribution in [2.24, 2.45) is 0 Å². The van der Waals surface area contributed by atoms with Gasteiger partial charge < -0.3 is 18.9 Å². The van der Waals surface area contributed by atoms with Gasteiger partial charge in [-0.2, -0.15) is 0 Å². The third kappa shape index (κ3) is 8.76. The highest BCUT2D eigenvalue weighted by Gasteiger charge is 2.18. The van der Waals surface area contributed by atoms with Gasteiger partial charge in [-0.25, -0.2) is 0 Å². The van der Waals surface area contributed by atoms with E-state index < -0.39 is 0 Å². The molecule has 4 nitrogen and oxygen atoms in total. The summed E-state index contributed by atoms with van der Waals surface area (Å²) < 4.78 is 4.73. The van der Waals surface area contributed by atoms with Gasteiger partial charge in [0.2, 0.25) is 0 Å². The van der Waals surface area contributed by atoms with Crippen molar-refractivity contribution in [3.8, 4) is 55.9 Å². The second-order valence-electron chi connectivity index (χ2n) is 20.9. The zero-order chi connectivity index (χ0) is 54.3. The van der Waals surface area contributed by atoms with Gasteiger partial charge in [0.15, 0.2) is 0 Å². The summed E-state index contributed by atoms with van der Waals surface area (Å²) in [6.45, 7) is 0. The van der Waals surface area contributed by atoms with Crippen LogP contribution >= 0.6 is 0 Å². The Bertz CT molecular complexity index is 4320. The summed E-state index contributed by atoms with van der Waals surface area (Å²) in [7, 11) is 0. The summed E-state index contributed by atoms with van der Waals surface area (Å²) in [5.41, 5.74) is 23.1. The molecule has 13 aromatic carbocycles. The van der Waals surface area contributed by atoms with Crippen molar-refractivity contribution >= 4 is 77.7 Å². The summed E-state index contributed by atoms with van der Waals surface area (Å²) in [5, 5.41) is 5.07. The standard InChI is InChI=1S/C78H54N4/c1-3-18-63(19-4-1)79(65-42-30-55(31-43-65)57-34-50-69(51-35-57)81-75-26-11-7-22-71(75)72-23-8-12-27-76(72)81)67-46-38-59(39-47-67)61-16-15-17-62(54-61)60-40-48-68(49-41-60)80(64-20-5-2-6-21-64)66-44-32-56(33-45-66)58-36-52-70(53-37-58)82-77-28-13-9-24-73(77)74-25-10-14-29-78(74)82/h1-54H. The molecule has 2 aromatic heterocycles. The minimum Gasteiger partial charge on any atom is -0.311 e. The fourth-order valence-corrected chi connectivity index (χ4v) is 12.1. The predicted molar refractivity (Wildman–Crippen MR) is 346 cm³/mol. The molecular formula is C78H54N4. The van der Waals surface area contributed by atoms with E-state index >= 15 is 0 Å².